The normalized spacial score (nSPS) is 13.8. The molecule has 3 aromatic rings. The quantitative estimate of drug-likeness (QED) is 0.383. The van der Waals surface area contributed by atoms with Crippen LogP contribution in [-0.4, -0.2) is 72.8 Å². The van der Waals surface area contributed by atoms with Crippen molar-refractivity contribution >= 4 is 34.5 Å². The molecule has 0 bridgehead atoms. The smallest absolute Gasteiger partial charge is 0.407 e. The molecular formula is C29H34N4O7. The Kier molecular flexibility index (Phi) is 9.05. The first-order valence-corrected chi connectivity index (χ1v) is 13.1. The maximum Gasteiger partial charge on any atom is 0.407 e. The van der Waals surface area contributed by atoms with E-state index in [4.69, 9.17) is 14.2 Å². The van der Waals surface area contributed by atoms with Gasteiger partial charge in [-0.05, 0) is 75.7 Å². The highest BCUT2D eigenvalue weighted by Crippen LogP contribution is 2.20. The summed E-state index contributed by atoms with van der Waals surface area (Å²) in [5.41, 5.74) is 0.320. The van der Waals surface area contributed by atoms with Gasteiger partial charge in [-0.25, -0.2) is 4.79 Å². The van der Waals surface area contributed by atoms with Gasteiger partial charge in [0.2, 0.25) is 0 Å². The lowest BCUT2D eigenvalue weighted by Crippen LogP contribution is -2.34. The second-order valence-corrected chi connectivity index (χ2v) is 10.3. The maximum absolute atomic E-state index is 12.9. The van der Waals surface area contributed by atoms with Crippen LogP contribution in [0.4, 0.5) is 10.5 Å². The summed E-state index contributed by atoms with van der Waals surface area (Å²) in [5, 5.41) is 5.93. The average molecular weight is 551 g/mol. The Balaban J connectivity index is 1.38. The van der Waals surface area contributed by atoms with Crippen LogP contribution < -0.4 is 20.9 Å². The highest BCUT2D eigenvalue weighted by Gasteiger charge is 2.18. The molecule has 3 amide bonds. The Morgan fingerprint density at radius 2 is 1.80 bits per heavy atom. The van der Waals surface area contributed by atoms with Gasteiger partial charge >= 0.3 is 6.09 Å². The number of hydrogen-bond acceptors (Lipinski definition) is 7. The van der Waals surface area contributed by atoms with E-state index in [-0.39, 0.29) is 24.6 Å². The first-order chi connectivity index (χ1) is 19.1. The van der Waals surface area contributed by atoms with Gasteiger partial charge < -0.3 is 34.7 Å². The number of alkyl carbamates (subject to hydrolysis) is 1. The molecule has 0 radical (unpaired) electrons. The van der Waals surface area contributed by atoms with Gasteiger partial charge in [0.1, 0.15) is 23.5 Å². The molecule has 212 valence electrons. The van der Waals surface area contributed by atoms with Crippen molar-refractivity contribution in [2.45, 2.75) is 32.8 Å². The molecule has 11 nitrogen and oxygen atoms in total. The zero-order chi connectivity index (χ0) is 28.7. The molecule has 3 N–H and O–H groups in total. The Morgan fingerprint density at radius 1 is 1.02 bits per heavy atom. The molecule has 0 spiro atoms. The number of aromatic amines is 1. The number of fused-ring (bicyclic) bond motifs is 1. The Bertz CT molecular complexity index is 1420. The van der Waals surface area contributed by atoms with E-state index in [0.717, 1.165) is 6.42 Å². The van der Waals surface area contributed by atoms with Gasteiger partial charge in [-0.1, -0.05) is 0 Å². The molecule has 0 aliphatic carbocycles. The molecule has 1 aliphatic rings. The fraction of sp³-hybridized carbons (Fsp3) is 0.379. The zero-order valence-electron chi connectivity index (χ0n) is 22.9. The summed E-state index contributed by atoms with van der Waals surface area (Å²) < 4.78 is 16.3. The number of H-pyrrole nitrogens is 1. The van der Waals surface area contributed by atoms with E-state index in [1.807, 2.05) is 0 Å². The van der Waals surface area contributed by atoms with Crippen LogP contribution in [0.3, 0.4) is 0 Å². The summed E-state index contributed by atoms with van der Waals surface area (Å²) in [6.45, 7) is 8.11. The van der Waals surface area contributed by atoms with E-state index < -0.39 is 23.2 Å². The summed E-state index contributed by atoms with van der Waals surface area (Å²) in [7, 11) is 0. The number of carbonyl (C=O) groups excluding carboxylic acids is 3. The number of pyridine rings is 1. The summed E-state index contributed by atoms with van der Waals surface area (Å²) in [5.74, 6) is -0.166. The minimum atomic E-state index is -0.588. The highest BCUT2D eigenvalue weighted by atomic mass is 16.6. The molecule has 0 atom stereocenters. The lowest BCUT2D eigenvalue weighted by Gasteiger charge is -2.19. The van der Waals surface area contributed by atoms with Gasteiger partial charge in [-0.3, -0.25) is 14.4 Å². The predicted molar refractivity (Wildman–Crippen MR) is 150 cm³/mol. The summed E-state index contributed by atoms with van der Waals surface area (Å²) in [6.07, 6.45) is 0.260. The van der Waals surface area contributed by atoms with Crippen molar-refractivity contribution < 1.29 is 28.6 Å². The van der Waals surface area contributed by atoms with E-state index in [1.54, 1.807) is 68.1 Å². The van der Waals surface area contributed by atoms with E-state index in [2.05, 4.69) is 15.6 Å². The van der Waals surface area contributed by atoms with Gasteiger partial charge in [-0.15, -0.1) is 0 Å². The van der Waals surface area contributed by atoms with E-state index in [1.165, 1.54) is 6.07 Å². The monoisotopic (exact) mass is 550 g/mol. The average Bonchev–Trinajstić information content (AvgIpc) is 3.19. The first kappa shape index (κ1) is 28.6. The topological polar surface area (TPSA) is 139 Å². The zero-order valence-corrected chi connectivity index (χ0v) is 22.9. The molecule has 2 aromatic carbocycles. The molecule has 0 unspecified atom stereocenters. The minimum Gasteiger partial charge on any atom is -0.492 e. The Hall–Kier alpha value is -4.38. The summed E-state index contributed by atoms with van der Waals surface area (Å²) in [6, 6.07) is 13.1. The molecule has 1 aliphatic heterocycles. The largest absolute Gasteiger partial charge is 0.492 e. The second kappa shape index (κ2) is 12.6. The molecule has 1 saturated heterocycles. The van der Waals surface area contributed by atoms with E-state index >= 15 is 0 Å². The van der Waals surface area contributed by atoms with Crippen molar-refractivity contribution in [2.75, 3.05) is 44.8 Å². The van der Waals surface area contributed by atoms with Gasteiger partial charge in [0.15, 0.2) is 0 Å². The van der Waals surface area contributed by atoms with Gasteiger partial charge in [0.25, 0.3) is 17.4 Å². The van der Waals surface area contributed by atoms with Crippen LogP contribution >= 0.6 is 0 Å². The fourth-order valence-corrected chi connectivity index (χ4v) is 4.11. The number of amides is 3. The number of nitrogens with zero attached hydrogens (tertiary/aromatic N) is 1. The van der Waals surface area contributed by atoms with Crippen molar-refractivity contribution in [3.8, 4) is 5.75 Å². The SMILES string of the molecule is CC(C)(C)OC(=O)NCCOc1ccc2[nH]c(=O)c(C(=O)Nc3ccc(C(=O)N4CCCOCC4)cc3)cc2c1. The first-order valence-electron chi connectivity index (χ1n) is 13.1. The molecule has 4 rings (SSSR count). The summed E-state index contributed by atoms with van der Waals surface area (Å²) >= 11 is 0. The number of rotatable bonds is 7. The van der Waals surface area contributed by atoms with Crippen LogP contribution in [0.5, 0.6) is 5.75 Å². The van der Waals surface area contributed by atoms with Crippen molar-refractivity contribution in [3.63, 3.8) is 0 Å². The number of hydrogen-bond donors (Lipinski definition) is 3. The van der Waals surface area contributed by atoms with Crippen LogP contribution in [0.15, 0.2) is 53.3 Å². The number of anilines is 1. The van der Waals surface area contributed by atoms with Crippen LogP contribution in [0.1, 0.15) is 47.9 Å². The van der Waals surface area contributed by atoms with Crippen LogP contribution in [0.2, 0.25) is 0 Å². The van der Waals surface area contributed by atoms with Gasteiger partial charge in [0.05, 0.1) is 13.2 Å². The van der Waals surface area contributed by atoms with Crippen LogP contribution in [0.25, 0.3) is 10.9 Å². The highest BCUT2D eigenvalue weighted by molar-refractivity contribution is 6.06. The molecule has 11 heteroatoms. The van der Waals surface area contributed by atoms with Crippen molar-refractivity contribution in [2.24, 2.45) is 0 Å². The number of ether oxygens (including phenoxy) is 3. The number of benzene rings is 2. The molecule has 0 saturated carbocycles. The minimum absolute atomic E-state index is 0.0686. The predicted octanol–water partition coefficient (Wildman–Crippen LogP) is 3.55. The third-order valence-electron chi connectivity index (χ3n) is 6.00. The number of aromatic nitrogens is 1. The third-order valence-corrected chi connectivity index (χ3v) is 6.00. The van der Waals surface area contributed by atoms with Crippen molar-refractivity contribution in [1.29, 1.82) is 0 Å². The lowest BCUT2D eigenvalue weighted by atomic mass is 10.1. The van der Waals surface area contributed by atoms with Crippen molar-refractivity contribution in [3.05, 3.63) is 70.0 Å². The fourth-order valence-electron chi connectivity index (χ4n) is 4.11. The van der Waals surface area contributed by atoms with E-state index in [9.17, 15) is 19.2 Å². The molecule has 1 fully saturated rings. The molecule has 40 heavy (non-hydrogen) atoms. The Morgan fingerprint density at radius 3 is 2.55 bits per heavy atom. The van der Waals surface area contributed by atoms with Gasteiger partial charge in [-0.2, -0.15) is 0 Å². The molecule has 2 heterocycles. The molecule has 1 aromatic heterocycles. The second-order valence-electron chi connectivity index (χ2n) is 10.3. The Labute approximate surface area is 231 Å². The van der Waals surface area contributed by atoms with Crippen molar-refractivity contribution in [1.82, 2.24) is 15.2 Å². The number of nitrogens with one attached hydrogen (secondary N) is 3. The van der Waals surface area contributed by atoms with Crippen LogP contribution in [-0.2, 0) is 9.47 Å². The lowest BCUT2D eigenvalue weighted by molar-refractivity contribution is 0.0519. The number of carbonyl (C=O) groups is 3. The van der Waals surface area contributed by atoms with Crippen LogP contribution in [0, 0.1) is 0 Å². The van der Waals surface area contributed by atoms with E-state index in [0.29, 0.717) is 54.2 Å². The molecular weight excluding hydrogens is 516 g/mol. The third kappa shape index (κ3) is 7.82. The maximum atomic E-state index is 12.9. The summed E-state index contributed by atoms with van der Waals surface area (Å²) in [4.78, 5) is 54.5. The standard InChI is InChI=1S/C29H34N4O7/c1-29(2,3)40-28(37)30-11-15-39-22-9-10-24-20(17-22)18-23(26(35)32-24)25(34)31-21-7-5-19(6-8-21)27(36)33-12-4-14-38-16-13-33/h5-10,17-18H,4,11-16H2,1-3H3,(H,30,37)(H,31,34)(H,32,35). The van der Waals surface area contributed by atoms with Gasteiger partial charge in [0, 0.05) is 41.9 Å².